The van der Waals surface area contributed by atoms with E-state index in [0.717, 1.165) is 10.6 Å². The van der Waals surface area contributed by atoms with Crippen LogP contribution in [0.1, 0.15) is 11.1 Å². The fourth-order valence-corrected chi connectivity index (χ4v) is 2.39. The highest BCUT2D eigenvalue weighted by Gasteiger charge is 2.09. The number of thioether (sulfide) groups is 1. The third-order valence-corrected chi connectivity index (χ3v) is 3.60. The molecule has 0 bridgehead atoms. The molecule has 7 heteroatoms. The van der Waals surface area contributed by atoms with Gasteiger partial charge in [-0.1, -0.05) is 11.2 Å². The molecule has 0 aliphatic carbocycles. The van der Waals surface area contributed by atoms with Crippen LogP contribution >= 0.6 is 11.8 Å². The Morgan fingerprint density at radius 1 is 1.45 bits per heavy atom. The summed E-state index contributed by atoms with van der Waals surface area (Å²) < 4.78 is 5.19. The maximum absolute atomic E-state index is 8.79. The lowest BCUT2D eigenvalue weighted by molar-refractivity contribution is 0.318. The number of methoxy groups -OCH3 is 1. The van der Waals surface area contributed by atoms with Crippen LogP contribution in [-0.2, 0) is 5.75 Å². The molecule has 0 unspecified atom stereocenters. The van der Waals surface area contributed by atoms with Crippen molar-refractivity contribution in [1.82, 2.24) is 9.97 Å². The number of nitrogens with zero attached hydrogens (tertiary/aromatic N) is 3. The smallest absolute Gasteiger partial charge is 0.173 e. The Hall–Kier alpha value is -2.28. The first-order valence-electron chi connectivity index (χ1n) is 5.78. The highest BCUT2D eigenvalue weighted by atomic mass is 32.2. The molecule has 1 aromatic heterocycles. The van der Waals surface area contributed by atoms with Crippen molar-refractivity contribution in [3.05, 3.63) is 47.9 Å². The average molecular weight is 290 g/mol. The van der Waals surface area contributed by atoms with E-state index >= 15 is 0 Å². The van der Waals surface area contributed by atoms with Crippen molar-refractivity contribution < 1.29 is 9.94 Å². The molecule has 0 aliphatic heterocycles. The fraction of sp³-hybridized carbons (Fsp3) is 0.154. The molecular weight excluding hydrogens is 276 g/mol. The zero-order chi connectivity index (χ0) is 14.4. The molecule has 1 heterocycles. The highest BCUT2D eigenvalue weighted by Crippen LogP contribution is 2.24. The highest BCUT2D eigenvalue weighted by molar-refractivity contribution is 7.98. The molecule has 3 N–H and O–H groups in total. The maximum Gasteiger partial charge on any atom is 0.173 e. The first kappa shape index (κ1) is 14.1. The number of aromatic nitrogens is 2. The number of hydrogen-bond acceptors (Lipinski definition) is 6. The van der Waals surface area contributed by atoms with Crippen molar-refractivity contribution in [3.8, 4) is 5.75 Å². The van der Waals surface area contributed by atoms with E-state index in [-0.39, 0.29) is 5.84 Å². The summed E-state index contributed by atoms with van der Waals surface area (Å²) in [6.07, 6.45) is 3.21. The molecule has 0 fully saturated rings. The predicted octanol–water partition coefficient (Wildman–Crippen LogP) is 1.87. The van der Waals surface area contributed by atoms with Gasteiger partial charge in [-0.2, -0.15) is 0 Å². The summed E-state index contributed by atoms with van der Waals surface area (Å²) in [6, 6.07) is 7.41. The Labute approximate surface area is 120 Å². The Morgan fingerprint density at radius 2 is 2.30 bits per heavy atom. The lowest BCUT2D eigenvalue weighted by atomic mass is 10.1. The van der Waals surface area contributed by atoms with Crippen LogP contribution in [0.3, 0.4) is 0 Å². The second-order valence-electron chi connectivity index (χ2n) is 3.86. The zero-order valence-corrected chi connectivity index (χ0v) is 11.7. The van der Waals surface area contributed by atoms with E-state index in [2.05, 4.69) is 15.1 Å². The van der Waals surface area contributed by atoms with Gasteiger partial charge in [0.1, 0.15) is 12.1 Å². The van der Waals surface area contributed by atoms with Crippen LogP contribution in [0.15, 0.2) is 47.0 Å². The van der Waals surface area contributed by atoms with Crippen LogP contribution in [-0.4, -0.2) is 28.1 Å². The van der Waals surface area contributed by atoms with Gasteiger partial charge in [0.2, 0.25) is 0 Å². The number of amidine groups is 1. The number of ether oxygens (including phenoxy) is 1. The predicted molar refractivity (Wildman–Crippen MR) is 77.1 cm³/mol. The first-order valence-corrected chi connectivity index (χ1v) is 6.76. The van der Waals surface area contributed by atoms with Crippen LogP contribution in [0, 0.1) is 0 Å². The Balaban J connectivity index is 2.17. The molecule has 0 amide bonds. The van der Waals surface area contributed by atoms with Gasteiger partial charge in [0.15, 0.2) is 5.84 Å². The van der Waals surface area contributed by atoms with Crippen molar-refractivity contribution in [1.29, 1.82) is 0 Å². The Bertz CT molecular complexity index is 605. The lowest BCUT2D eigenvalue weighted by Crippen LogP contribution is -2.14. The number of oxime groups is 1. The van der Waals surface area contributed by atoms with Crippen LogP contribution in [0.4, 0.5) is 0 Å². The number of nitrogens with two attached hydrogens (primary N) is 1. The number of hydrogen-bond donors (Lipinski definition) is 2. The summed E-state index contributed by atoms with van der Waals surface area (Å²) in [5, 5.41) is 12.7. The molecule has 0 saturated carbocycles. The molecule has 0 spiro atoms. The van der Waals surface area contributed by atoms with Gasteiger partial charge < -0.3 is 15.7 Å². The van der Waals surface area contributed by atoms with Gasteiger partial charge in [-0.3, -0.25) is 0 Å². The largest absolute Gasteiger partial charge is 0.496 e. The van der Waals surface area contributed by atoms with Gasteiger partial charge in [0.05, 0.1) is 17.7 Å². The van der Waals surface area contributed by atoms with Gasteiger partial charge in [0.25, 0.3) is 0 Å². The molecule has 0 atom stereocenters. The van der Waals surface area contributed by atoms with Crippen LogP contribution in [0.5, 0.6) is 5.75 Å². The topological polar surface area (TPSA) is 93.6 Å². The second kappa shape index (κ2) is 6.76. The monoisotopic (exact) mass is 290 g/mol. The van der Waals surface area contributed by atoms with E-state index in [9.17, 15) is 0 Å². The second-order valence-corrected chi connectivity index (χ2v) is 4.85. The van der Waals surface area contributed by atoms with Crippen molar-refractivity contribution in [2.24, 2.45) is 10.9 Å². The van der Waals surface area contributed by atoms with E-state index in [0.29, 0.717) is 17.1 Å². The molecule has 0 aliphatic rings. The standard InChI is InChI=1S/C13H14N4O2S/c1-19-11-3-2-9(6-10(11)13(14)17-18)7-20-12-4-5-15-8-16-12/h2-6,8,18H,7H2,1H3,(H2,14,17). The average Bonchev–Trinajstić information content (AvgIpc) is 2.52. The van der Waals surface area contributed by atoms with Crippen molar-refractivity contribution in [2.45, 2.75) is 10.8 Å². The first-order chi connectivity index (χ1) is 9.74. The fourth-order valence-electron chi connectivity index (χ4n) is 1.62. The Kier molecular flexibility index (Phi) is 4.78. The maximum atomic E-state index is 8.79. The molecule has 2 rings (SSSR count). The minimum atomic E-state index is 0.0238. The normalized spacial score (nSPS) is 11.3. The molecular formula is C13H14N4O2S. The number of rotatable bonds is 5. The van der Waals surface area contributed by atoms with E-state index in [1.54, 1.807) is 31.1 Å². The SMILES string of the molecule is COc1ccc(CSc2ccncn2)cc1C(N)=NO. The summed E-state index contributed by atoms with van der Waals surface area (Å²) in [6.45, 7) is 0. The summed E-state index contributed by atoms with van der Waals surface area (Å²) >= 11 is 1.58. The van der Waals surface area contributed by atoms with Crippen molar-refractivity contribution in [3.63, 3.8) is 0 Å². The molecule has 6 nitrogen and oxygen atoms in total. The van der Waals surface area contributed by atoms with E-state index in [4.69, 9.17) is 15.7 Å². The van der Waals surface area contributed by atoms with Crippen LogP contribution in [0.25, 0.3) is 0 Å². The van der Waals surface area contributed by atoms with Gasteiger partial charge in [-0.05, 0) is 23.8 Å². The summed E-state index contributed by atoms with van der Waals surface area (Å²) in [5.41, 5.74) is 7.23. The van der Waals surface area contributed by atoms with Gasteiger partial charge in [0, 0.05) is 11.9 Å². The summed E-state index contributed by atoms with van der Waals surface area (Å²) in [4.78, 5) is 8.01. The molecule has 1 aromatic carbocycles. The third kappa shape index (κ3) is 3.39. The summed E-state index contributed by atoms with van der Waals surface area (Å²) in [7, 11) is 1.54. The van der Waals surface area contributed by atoms with E-state index in [1.807, 2.05) is 18.2 Å². The van der Waals surface area contributed by atoms with Crippen molar-refractivity contribution in [2.75, 3.05) is 7.11 Å². The molecule has 0 radical (unpaired) electrons. The quantitative estimate of drug-likeness (QED) is 0.218. The number of benzene rings is 1. The molecule has 104 valence electrons. The van der Waals surface area contributed by atoms with E-state index < -0.39 is 0 Å². The molecule has 20 heavy (non-hydrogen) atoms. The molecule has 0 saturated heterocycles. The minimum absolute atomic E-state index is 0.0238. The Morgan fingerprint density at radius 3 is 2.95 bits per heavy atom. The van der Waals surface area contributed by atoms with Crippen LogP contribution in [0.2, 0.25) is 0 Å². The molecule has 2 aromatic rings. The van der Waals surface area contributed by atoms with E-state index in [1.165, 1.54) is 6.33 Å². The van der Waals surface area contributed by atoms with Crippen LogP contribution < -0.4 is 10.5 Å². The van der Waals surface area contributed by atoms with Gasteiger partial charge in [-0.25, -0.2) is 9.97 Å². The summed E-state index contributed by atoms with van der Waals surface area (Å²) in [5.74, 6) is 1.30. The van der Waals surface area contributed by atoms with Crippen molar-refractivity contribution >= 4 is 17.6 Å². The minimum Gasteiger partial charge on any atom is -0.496 e. The third-order valence-electron chi connectivity index (χ3n) is 2.59. The van der Waals surface area contributed by atoms with Gasteiger partial charge in [-0.15, -0.1) is 11.8 Å². The zero-order valence-electron chi connectivity index (χ0n) is 10.9. The van der Waals surface area contributed by atoms with Gasteiger partial charge >= 0.3 is 0 Å². The lowest BCUT2D eigenvalue weighted by Gasteiger charge is -2.09.